The topological polar surface area (TPSA) is 58.6 Å². The van der Waals surface area contributed by atoms with E-state index in [-0.39, 0.29) is 11.8 Å². The second-order valence-corrected chi connectivity index (χ2v) is 6.31. The van der Waals surface area contributed by atoms with Crippen molar-refractivity contribution in [3.8, 4) is 5.75 Å². The van der Waals surface area contributed by atoms with Gasteiger partial charge < -0.3 is 15.0 Å². The van der Waals surface area contributed by atoms with Crippen LogP contribution < -0.4 is 10.1 Å². The van der Waals surface area contributed by atoms with Gasteiger partial charge in [-0.05, 0) is 48.9 Å². The number of hydrogen-bond acceptors (Lipinski definition) is 3. The maximum absolute atomic E-state index is 12.4. The van der Waals surface area contributed by atoms with Crippen LogP contribution in [0.5, 0.6) is 5.75 Å². The molecule has 1 N–H and O–H groups in total. The van der Waals surface area contributed by atoms with Crippen LogP contribution in [0.25, 0.3) is 0 Å². The minimum absolute atomic E-state index is 0.106. The second-order valence-electron chi connectivity index (χ2n) is 6.31. The van der Waals surface area contributed by atoms with Crippen LogP contribution >= 0.6 is 0 Å². The van der Waals surface area contributed by atoms with Crippen LogP contribution in [-0.4, -0.2) is 37.4 Å². The smallest absolute Gasteiger partial charge is 0.255 e. The molecule has 2 amide bonds. The third kappa shape index (κ3) is 5.62. The lowest BCUT2D eigenvalue weighted by atomic mass is 10.1. The van der Waals surface area contributed by atoms with Crippen molar-refractivity contribution in [3.63, 3.8) is 0 Å². The number of benzene rings is 2. The van der Waals surface area contributed by atoms with E-state index in [4.69, 9.17) is 4.74 Å². The first-order valence-electron chi connectivity index (χ1n) is 8.87. The van der Waals surface area contributed by atoms with E-state index in [1.807, 2.05) is 0 Å². The van der Waals surface area contributed by atoms with E-state index < -0.39 is 0 Å². The molecule has 0 spiro atoms. The number of rotatable bonds is 8. The normalized spacial score (nSPS) is 10.3. The summed E-state index contributed by atoms with van der Waals surface area (Å²) in [5.41, 5.74) is 1.65. The summed E-state index contributed by atoms with van der Waals surface area (Å²) in [6.07, 6.45) is 3.33. The third-order valence-electron chi connectivity index (χ3n) is 3.91. The molecule has 0 aliphatic carbocycles. The van der Waals surface area contributed by atoms with Crippen molar-refractivity contribution in [1.82, 2.24) is 4.90 Å². The molecule has 0 fully saturated rings. The minimum Gasteiger partial charge on any atom is -0.494 e. The Hall–Kier alpha value is -2.82. The van der Waals surface area contributed by atoms with Crippen molar-refractivity contribution in [2.75, 3.05) is 26.0 Å². The van der Waals surface area contributed by atoms with Gasteiger partial charge in [0.15, 0.2) is 0 Å². The highest BCUT2D eigenvalue weighted by molar-refractivity contribution is 6.05. The van der Waals surface area contributed by atoms with E-state index in [0.29, 0.717) is 23.4 Å². The Kier molecular flexibility index (Phi) is 7.21. The maximum Gasteiger partial charge on any atom is 0.255 e. The Morgan fingerprint density at radius 1 is 1.00 bits per heavy atom. The van der Waals surface area contributed by atoms with Crippen LogP contribution in [0.4, 0.5) is 5.69 Å². The molecule has 0 saturated heterocycles. The molecular weight excluding hydrogens is 328 g/mol. The molecule has 0 aromatic heterocycles. The molecule has 2 aromatic rings. The first-order chi connectivity index (χ1) is 12.5. The van der Waals surface area contributed by atoms with Crippen LogP contribution in [0, 0.1) is 0 Å². The molecule has 2 aromatic carbocycles. The molecule has 0 aliphatic heterocycles. The quantitative estimate of drug-likeness (QED) is 0.723. The number of hydrogen-bond donors (Lipinski definition) is 1. The zero-order valence-electron chi connectivity index (χ0n) is 15.6. The van der Waals surface area contributed by atoms with Gasteiger partial charge in [-0.2, -0.15) is 0 Å². The van der Waals surface area contributed by atoms with Crippen molar-refractivity contribution in [2.24, 2.45) is 0 Å². The van der Waals surface area contributed by atoms with Crippen molar-refractivity contribution in [3.05, 3.63) is 59.7 Å². The number of anilines is 1. The highest BCUT2D eigenvalue weighted by atomic mass is 16.5. The molecular formula is C21H26N2O3. The Labute approximate surface area is 155 Å². The first-order valence-corrected chi connectivity index (χ1v) is 8.87. The molecule has 0 unspecified atom stereocenters. The fourth-order valence-corrected chi connectivity index (χ4v) is 2.44. The van der Waals surface area contributed by atoms with Crippen molar-refractivity contribution in [2.45, 2.75) is 26.2 Å². The van der Waals surface area contributed by atoms with E-state index in [9.17, 15) is 9.59 Å². The standard InChI is InChI=1S/C21H26N2O3/c1-4-5-6-14-26-19-12-10-16(11-13-19)20(24)22-18-9-7-8-17(15-18)21(25)23(2)3/h7-13,15H,4-6,14H2,1-3H3,(H,22,24). The molecule has 0 heterocycles. The fraction of sp³-hybridized carbons (Fsp3) is 0.333. The molecule has 0 atom stereocenters. The number of amides is 2. The third-order valence-corrected chi connectivity index (χ3v) is 3.91. The Morgan fingerprint density at radius 2 is 1.73 bits per heavy atom. The highest BCUT2D eigenvalue weighted by Gasteiger charge is 2.10. The summed E-state index contributed by atoms with van der Waals surface area (Å²) in [6.45, 7) is 2.84. The summed E-state index contributed by atoms with van der Waals surface area (Å²) in [5.74, 6) is 0.430. The summed E-state index contributed by atoms with van der Waals surface area (Å²) in [7, 11) is 3.39. The minimum atomic E-state index is -0.225. The number of carbonyl (C=O) groups is 2. The van der Waals surface area contributed by atoms with Gasteiger partial charge in [-0.25, -0.2) is 0 Å². The fourth-order valence-electron chi connectivity index (χ4n) is 2.44. The summed E-state index contributed by atoms with van der Waals surface area (Å²) >= 11 is 0. The number of unbranched alkanes of at least 4 members (excludes halogenated alkanes) is 2. The summed E-state index contributed by atoms with van der Waals surface area (Å²) in [6, 6.07) is 14.0. The molecule has 0 aliphatic rings. The Bertz CT molecular complexity index is 739. The number of ether oxygens (including phenoxy) is 1. The van der Waals surface area contributed by atoms with Gasteiger partial charge in [0.05, 0.1) is 6.61 Å². The van der Waals surface area contributed by atoms with Crippen LogP contribution in [0.3, 0.4) is 0 Å². The van der Waals surface area contributed by atoms with Crippen LogP contribution in [0.2, 0.25) is 0 Å². The average Bonchev–Trinajstić information content (AvgIpc) is 2.65. The molecule has 0 bridgehead atoms. The van der Waals surface area contributed by atoms with E-state index >= 15 is 0 Å². The molecule has 5 heteroatoms. The van der Waals surface area contributed by atoms with Gasteiger partial charge in [-0.1, -0.05) is 25.8 Å². The molecule has 138 valence electrons. The number of nitrogens with zero attached hydrogens (tertiary/aromatic N) is 1. The molecule has 2 rings (SSSR count). The zero-order chi connectivity index (χ0) is 18.9. The summed E-state index contributed by atoms with van der Waals surface area (Å²) in [5, 5.41) is 2.82. The molecule has 26 heavy (non-hydrogen) atoms. The second kappa shape index (κ2) is 9.61. The van der Waals surface area contributed by atoms with Gasteiger partial charge in [0, 0.05) is 30.9 Å². The number of carbonyl (C=O) groups excluding carboxylic acids is 2. The lowest BCUT2D eigenvalue weighted by Crippen LogP contribution is -2.21. The largest absolute Gasteiger partial charge is 0.494 e. The van der Waals surface area contributed by atoms with Gasteiger partial charge in [-0.15, -0.1) is 0 Å². The lowest BCUT2D eigenvalue weighted by molar-refractivity contribution is 0.0827. The molecule has 5 nitrogen and oxygen atoms in total. The van der Waals surface area contributed by atoms with E-state index in [2.05, 4.69) is 12.2 Å². The summed E-state index contributed by atoms with van der Waals surface area (Å²) in [4.78, 5) is 25.9. The van der Waals surface area contributed by atoms with Crippen LogP contribution in [0.1, 0.15) is 46.9 Å². The summed E-state index contributed by atoms with van der Waals surface area (Å²) < 4.78 is 5.65. The lowest BCUT2D eigenvalue weighted by Gasteiger charge is -2.12. The SMILES string of the molecule is CCCCCOc1ccc(C(=O)Nc2cccc(C(=O)N(C)C)c2)cc1. The average molecular weight is 354 g/mol. The Morgan fingerprint density at radius 3 is 2.38 bits per heavy atom. The van der Waals surface area contributed by atoms with Gasteiger partial charge >= 0.3 is 0 Å². The van der Waals surface area contributed by atoms with E-state index in [1.54, 1.807) is 62.6 Å². The van der Waals surface area contributed by atoms with Crippen LogP contribution in [0.15, 0.2) is 48.5 Å². The first kappa shape index (κ1) is 19.5. The predicted octanol–water partition coefficient (Wildman–Crippen LogP) is 4.21. The van der Waals surface area contributed by atoms with Gasteiger partial charge in [0.25, 0.3) is 11.8 Å². The van der Waals surface area contributed by atoms with Gasteiger partial charge in [-0.3, -0.25) is 9.59 Å². The molecule has 0 saturated carbocycles. The van der Waals surface area contributed by atoms with Gasteiger partial charge in [0.1, 0.15) is 5.75 Å². The van der Waals surface area contributed by atoms with Crippen molar-refractivity contribution >= 4 is 17.5 Å². The zero-order valence-corrected chi connectivity index (χ0v) is 15.6. The highest BCUT2D eigenvalue weighted by Crippen LogP contribution is 2.16. The van der Waals surface area contributed by atoms with Crippen molar-refractivity contribution in [1.29, 1.82) is 0 Å². The van der Waals surface area contributed by atoms with Crippen molar-refractivity contribution < 1.29 is 14.3 Å². The van der Waals surface area contributed by atoms with Crippen LogP contribution in [-0.2, 0) is 0 Å². The molecule has 0 radical (unpaired) electrons. The Balaban J connectivity index is 1.97. The predicted molar refractivity (Wildman–Crippen MR) is 104 cm³/mol. The maximum atomic E-state index is 12.4. The van der Waals surface area contributed by atoms with Gasteiger partial charge in [0.2, 0.25) is 0 Å². The monoisotopic (exact) mass is 354 g/mol. The van der Waals surface area contributed by atoms with E-state index in [0.717, 1.165) is 25.0 Å². The van der Waals surface area contributed by atoms with E-state index in [1.165, 1.54) is 4.90 Å². The number of nitrogens with one attached hydrogen (secondary N) is 1.